The molecule has 3 saturated carbocycles. The highest BCUT2D eigenvalue weighted by molar-refractivity contribution is 6.47. The maximum Gasteiger partial charge on any atom is 0.465 e. The molecule has 4 nitrogen and oxygen atoms in total. The van der Waals surface area contributed by atoms with E-state index >= 15 is 0 Å². The van der Waals surface area contributed by atoms with Gasteiger partial charge in [0, 0.05) is 11.4 Å². The number of aliphatic imine (C=N–C) groups is 1. The van der Waals surface area contributed by atoms with Crippen molar-refractivity contribution in [3.63, 3.8) is 0 Å². The largest absolute Gasteiger partial charge is 0.475 e. The van der Waals surface area contributed by atoms with Gasteiger partial charge in [0.2, 0.25) is 5.90 Å². The summed E-state index contributed by atoms with van der Waals surface area (Å²) >= 11 is 0. The maximum atomic E-state index is 6.67. The van der Waals surface area contributed by atoms with Crippen LogP contribution in [0.15, 0.2) is 29.3 Å². The summed E-state index contributed by atoms with van der Waals surface area (Å²) in [5.41, 5.74) is 2.33. The SMILES string of the molecule is C[C@H](B1OC2CC3CC(C3(C)C)[C@]2(C)O1)c1cccc(C2=NC(C)(C)CO2)c1. The Morgan fingerprint density at radius 2 is 1.93 bits per heavy atom. The Labute approximate surface area is 169 Å². The highest BCUT2D eigenvalue weighted by Crippen LogP contribution is 2.66. The van der Waals surface area contributed by atoms with Gasteiger partial charge in [-0.2, -0.15) is 0 Å². The molecule has 28 heavy (non-hydrogen) atoms. The van der Waals surface area contributed by atoms with Gasteiger partial charge < -0.3 is 14.0 Å². The lowest BCUT2D eigenvalue weighted by atomic mass is 9.43. The Kier molecular flexibility index (Phi) is 3.91. The molecule has 3 aliphatic carbocycles. The first-order chi connectivity index (χ1) is 13.1. The van der Waals surface area contributed by atoms with E-state index in [1.807, 2.05) is 0 Å². The molecule has 5 atom stereocenters. The average Bonchev–Trinajstić information content (AvgIpc) is 3.19. The number of benzene rings is 1. The second-order valence-electron chi connectivity index (χ2n) is 10.8. The summed E-state index contributed by atoms with van der Waals surface area (Å²) < 4.78 is 19.0. The Bertz CT molecular complexity index is 835. The number of rotatable bonds is 3. The van der Waals surface area contributed by atoms with Crippen molar-refractivity contribution >= 4 is 13.0 Å². The first kappa shape index (κ1) is 18.7. The van der Waals surface area contributed by atoms with Crippen molar-refractivity contribution in [2.75, 3.05) is 6.61 Å². The van der Waals surface area contributed by atoms with Gasteiger partial charge in [-0.25, -0.2) is 4.99 Å². The zero-order valence-corrected chi connectivity index (χ0v) is 18.0. The standard InChI is InChI=1S/C23H32BNO3/c1-14(15-8-7-9-16(10-15)20-25-21(2,3)13-26-20)24-27-19-12-17-11-18(22(17,4)5)23(19,6)28-24/h7-10,14,17-19H,11-13H2,1-6H3/t14-,17?,18?,19?,23-/m0/s1. The maximum absolute atomic E-state index is 6.67. The van der Waals surface area contributed by atoms with E-state index in [0.717, 1.165) is 23.8 Å². The van der Waals surface area contributed by atoms with Gasteiger partial charge in [0.25, 0.3) is 0 Å². The molecule has 1 saturated heterocycles. The summed E-state index contributed by atoms with van der Waals surface area (Å²) in [6, 6.07) is 8.51. The molecule has 150 valence electrons. The zero-order chi connectivity index (χ0) is 19.9. The van der Waals surface area contributed by atoms with Gasteiger partial charge in [0.15, 0.2) is 0 Å². The second kappa shape index (κ2) is 5.85. The van der Waals surface area contributed by atoms with Crippen LogP contribution in [0.3, 0.4) is 0 Å². The first-order valence-corrected chi connectivity index (χ1v) is 10.8. The summed E-state index contributed by atoms with van der Waals surface area (Å²) in [6.07, 6.45) is 2.64. The normalized spacial score (nSPS) is 38.3. The van der Waals surface area contributed by atoms with Gasteiger partial charge in [0.05, 0.1) is 17.2 Å². The molecule has 2 heterocycles. The molecule has 0 spiro atoms. The summed E-state index contributed by atoms with van der Waals surface area (Å²) in [6.45, 7) is 14.1. The van der Waals surface area contributed by atoms with E-state index in [1.54, 1.807) is 0 Å². The van der Waals surface area contributed by atoms with E-state index in [2.05, 4.69) is 65.8 Å². The fraction of sp³-hybridized carbons (Fsp3) is 0.696. The topological polar surface area (TPSA) is 40.0 Å². The molecule has 0 aromatic heterocycles. The molecule has 2 bridgehead atoms. The van der Waals surface area contributed by atoms with Crippen molar-refractivity contribution in [1.82, 2.24) is 0 Å². The molecule has 0 amide bonds. The predicted molar refractivity (Wildman–Crippen MR) is 112 cm³/mol. The van der Waals surface area contributed by atoms with Crippen molar-refractivity contribution in [3.05, 3.63) is 35.4 Å². The molecule has 6 rings (SSSR count). The molecule has 4 fully saturated rings. The van der Waals surface area contributed by atoms with E-state index in [4.69, 9.17) is 19.0 Å². The van der Waals surface area contributed by atoms with Crippen LogP contribution in [0.5, 0.6) is 0 Å². The third-order valence-electron chi connectivity index (χ3n) is 8.00. The molecule has 1 aromatic rings. The quantitative estimate of drug-likeness (QED) is 0.718. The van der Waals surface area contributed by atoms with Crippen LogP contribution in [0, 0.1) is 17.3 Å². The third-order valence-corrected chi connectivity index (χ3v) is 8.00. The van der Waals surface area contributed by atoms with Crippen LogP contribution in [0.4, 0.5) is 0 Å². The van der Waals surface area contributed by atoms with Gasteiger partial charge in [0.1, 0.15) is 6.61 Å². The average molecular weight is 381 g/mol. The minimum absolute atomic E-state index is 0.146. The summed E-state index contributed by atoms with van der Waals surface area (Å²) in [5.74, 6) is 2.28. The third kappa shape index (κ3) is 2.62. The Morgan fingerprint density at radius 1 is 1.14 bits per heavy atom. The smallest absolute Gasteiger partial charge is 0.465 e. The van der Waals surface area contributed by atoms with Crippen LogP contribution in [0.25, 0.3) is 0 Å². The van der Waals surface area contributed by atoms with Gasteiger partial charge in [-0.05, 0) is 68.6 Å². The molecule has 5 aliphatic rings. The molecule has 0 radical (unpaired) electrons. The van der Waals surface area contributed by atoms with Crippen LogP contribution < -0.4 is 0 Å². The summed E-state index contributed by atoms with van der Waals surface area (Å²) in [7, 11) is -0.191. The highest BCUT2D eigenvalue weighted by Gasteiger charge is 2.68. The monoisotopic (exact) mass is 381 g/mol. The Hall–Kier alpha value is -1.33. The lowest BCUT2D eigenvalue weighted by molar-refractivity contribution is -0.199. The molecule has 0 N–H and O–H groups in total. The summed E-state index contributed by atoms with van der Waals surface area (Å²) in [5, 5.41) is 0. The molecule has 2 aliphatic heterocycles. The van der Waals surface area contributed by atoms with E-state index in [1.165, 1.54) is 12.0 Å². The minimum atomic E-state index is -0.191. The van der Waals surface area contributed by atoms with Crippen molar-refractivity contribution in [2.45, 2.75) is 77.4 Å². The fourth-order valence-corrected chi connectivity index (χ4v) is 5.96. The highest BCUT2D eigenvalue weighted by atomic mass is 16.7. The lowest BCUT2D eigenvalue weighted by Crippen LogP contribution is -2.65. The van der Waals surface area contributed by atoms with Crippen LogP contribution in [-0.2, 0) is 14.0 Å². The van der Waals surface area contributed by atoms with E-state index in [0.29, 0.717) is 17.9 Å². The van der Waals surface area contributed by atoms with E-state index in [-0.39, 0.29) is 30.2 Å². The van der Waals surface area contributed by atoms with Crippen LogP contribution in [0.2, 0.25) is 0 Å². The van der Waals surface area contributed by atoms with Gasteiger partial charge in [-0.15, -0.1) is 0 Å². The Morgan fingerprint density at radius 3 is 2.61 bits per heavy atom. The summed E-state index contributed by atoms with van der Waals surface area (Å²) in [4.78, 5) is 4.72. The van der Waals surface area contributed by atoms with Gasteiger partial charge in [-0.1, -0.05) is 32.9 Å². The number of hydrogen-bond donors (Lipinski definition) is 0. The fourth-order valence-electron chi connectivity index (χ4n) is 5.96. The zero-order valence-electron chi connectivity index (χ0n) is 18.0. The van der Waals surface area contributed by atoms with E-state index < -0.39 is 0 Å². The van der Waals surface area contributed by atoms with Crippen molar-refractivity contribution in [1.29, 1.82) is 0 Å². The van der Waals surface area contributed by atoms with Crippen molar-refractivity contribution < 1.29 is 14.0 Å². The van der Waals surface area contributed by atoms with Gasteiger partial charge >= 0.3 is 7.12 Å². The molecular weight excluding hydrogens is 349 g/mol. The number of hydrogen-bond acceptors (Lipinski definition) is 4. The van der Waals surface area contributed by atoms with Crippen LogP contribution >= 0.6 is 0 Å². The first-order valence-electron chi connectivity index (χ1n) is 10.8. The Balaban J connectivity index is 1.37. The van der Waals surface area contributed by atoms with Gasteiger partial charge in [-0.3, -0.25) is 0 Å². The molecule has 3 unspecified atom stereocenters. The van der Waals surface area contributed by atoms with Crippen LogP contribution in [0.1, 0.15) is 71.3 Å². The minimum Gasteiger partial charge on any atom is -0.475 e. The lowest BCUT2D eigenvalue weighted by Gasteiger charge is -2.64. The molecular formula is C23H32BNO3. The second-order valence-corrected chi connectivity index (χ2v) is 10.8. The molecule has 1 aromatic carbocycles. The number of nitrogens with zero attached hydrogens (tertiary/aromatic N) is 1. The van der Waals surface area contributed by atoms with E-state index in [9.17, 15) is 0 Å². The van der Waals surface area contributed by atoms with Crippen LogP contribution in [-0.4, -0.2) is 36.9 Å². The van der Waals surface area contributed by atoms with Crippen molar-refractivity contribution in [3.8, 4) is 0 Å². The van der Waals surface area contributed by atoms with Crippen molar-refractivity contribution in [2.24, 2.45) is 22.2 Å². The predicted octanol–water partition coefficient (Wildman–Crippen LogP) is 4.61. The molecule has 5 heteroatoms. The number of ether oxygens (including phenoxy) is 1.